The van der Waals surface area contributed by atoms with Gasteiger partial charge in [0.15, 0.2) is 0 Å². The second-order valence-electron chi connectivity index (χ2n) is 3.44. The quantitative estimate of drug-likeness (QED) is 0.416. The maximum atomic E-state index is 3.85. The number of fused-ring (bicyclic) bond motifs is 1. The van der Waals surface area contributed by atoms with E-state index in [4.69, 9.17) is 0 Å². The van der Waals surface area contributed by atoms with Gasteiger partial charge in [-0.1, -0.05) is 27.6 Å². The Kier molecular flexibility index (Phi) is 1.63. The lowest BCUT2D eigenvalue weighted by Gasteiger charge is -2.27. The molecule has 1 atom stereocenters. The fraction of sp³-hybridized carbons (Fsp3) is 0.778. The van der Waals surface area contributed by atoms with E-state index in [1.165, 1.54) is 38.5 Å². The Labute approximate surface area is 70.8 Å². The molecule has 1 heteroatoms. The minimum Gasteiger partial charge on any atom is -0.0839 e. The van der Waals surface area contributed by atoms with Gasteiger partial charge in [-0.15, -0.1) is 0 Å². The van der Waals surface area contributed by atoms with Gasteiger partial charge in [-0.05, 0) is 38.5 Å². The highest BCUT2D eigenvalue weighted by Crippen LogP contribution is 2.48. The summed E-state index contributed by atoms with van der Waals surface area (Å²) < 4.78 is 0.464. The third-order valence-electron chi connectivity index (χ3n) is 2.76. The van der Waals surface area contributed by atoms with Crippen molar-refractivity contribution in [3.05, 3.63) is 11.6 Å². The maximum absolute atomic E-state index is 3.85. The van der Waals surface area contributed by atoms with E-state index in [0.29, 0.717) is 4.32 Å². The zero-order valence-electron chi connectivity index (χ0n) is 6.20. The summed E-state index contributed by atoms with van der Waals surface area (Å²) in [6.07, 6.45) is 10.7. The van der Waals surface area contributed by atoms with Crippen molar-refractivity contribution in [2.24, 2.45) is 0 Å². The third kappa shape index (κ3) is 0.952. The van der Waals surface area contributed by atoms with Crippen molar-refractivity contribution in [2.45, 2.75) is 42.8 Å². The number of alkyl halides is 1. The Morgan fingerprint density at radius 1 is 1.30 bits per heavy atom. The van der Waals surface area contributed by atoms with Crippen molar-refractivity contribution in [2.75, 3.05) is 0 Å². The predicted molar refractivity (Wildman–Crippen MR) is 47.4 cm³/mol. The van der Waals surface area contributed by atoms with Gasteiger partial charge < -0.3 is 0 Å². The van der Waals surface area contributed by atoms with Crippen LogP contribution in [0.2, 0.25) is 0 Å². The van der Waals surface area contributed by atoms with Gasteiger partial charge in [-0.25, -0.2) is 0 Å². The zero-order chi connectivity index (χ0) is 7.03. The summed E-state index contributed by atoms with van der Waals surface area (Å²) in [5.74, 6) is 0. The Balaban J connectivity index is 2.28. The second kappa shape index (κ2) is 2.37. The molecule has 2 aliphatic carbocycles. The summed E-state index contributed by atoms with van der Waals surface area (Å²) in [5, 5.41) is 0. The van der Waals surface area contributed by atoms with Crippen LogP contribution in [0.5, 0.6) is 0 Å². The molecule has 0 aromatic carbocycles. The highest BCUT2D eigenvalue weighted by molar-refractivity contribution is 9.10. The molecular weight excluding hydrogens is 188 g/mol. The van der Waals surface area contributed by atoms with Crippen LogP contribution in [0.25, 0.3) is 0 Å². The van der Waals surface area contributed by atoms with Gasteiger partial charge in [-0.3, -0.25) is 0 Å². The van der Waals surface area contributed by atoms with Crippen molar-refractivity contribution in [1.29, 1.82) is 0 Å². The molecule has 2 aliphatic rings. The molecule has 0 amide bonds. The van der Waals surface area contributed by atoms with Crippen molar-refractivity contribution in [3.63, 3.8) is 0 Å². The van der Waals surface area contributed by atoms with Gasteiger partial charge in [0.05, 0.1) is 0 Å². The van der Waals surface area contributed by atoms with Crippen molar-refractivity contribution >= 4 is 15.9 Å². The van der Waals surface area contributed by atoms with E-state index in [2.05, 4.69) is 22.0 Å². The molecule has 56 valence electrons. The first-order valence-electron chi connectivity index (χ1n) is 4.20. The molecule has 2 rings (SSSR count). The van der Waals surface area contributed by atoms with Crippen LogP contribution in [0.1, 0.15) is 38.5 Å². The van der Waals surface area contributed by atoms with E-state index in [1.807, 2.05) is 0 Å². The predicted octanol–water partition coefficient (Wildman–Crippen LogP) is 3.41. The molecule has 1 unspecified atom stereocenters. The molecule has 10 heavy (non-hydrogen) atoms. The number of hydrogen-bond acceptors (Lipinski definition) is 0. The molecular formula is C9H13Br. The van der Waals surface area contributed by atoms with Crippen LogP contribution in [0.4, 0.5) is 0 Å². The van der Waals surface area contributed by atoms with Crippen LogP contribution in [-0.4, -0.2) is 4.32 Å². The van der Waals surface area contributed by atoms with Gasteiger partial charge in [0, 0.05) is 4.32 Å². The molecule has 0 bridgehead atoms. The van der Waals surface area contributed by atoms with Gasteiger partial charge in [-0.2, -0.15) is 0 Å². The van der Waals surface area contributed by atoms with E-state index in [-0.39, 0.29) is 0 Å². The zero-order valence-corrected chi connectivity index (χ0v) is 7.78. The summed E-state index contributed by atoms with van der Waals surface area (Å²) in [5.41, 5.74) is 1.69. The minimum absolute atomic E-state index is 0.464. The molecule has 0 saturated heterocycles. The first kappa shape index (κ1) is 6.90. The van der Waals surface area contributed by atoms with Crippen LogP contribution in [0, 0.1) is 0 Å². The van der Waals surface area contributed by atoms with E-state index >= 15 is 0 Å². The lowest BCUT2D eigenvalue weighted by atomic mass is 9.90. The minimum atomic E-state index is 0.464. The molecule has 0 radical (unpaired) electrons. The molecule has 0 aromatic heterocycles. The van der Waals surface area contributed by atoms with Crippen molar-refractivity contribution in [1.82, 2.24) is 0 Å². The highest BCUT2D eigenvalue weighted by atomic mass is 79.9. The standard InChI is InChI=1S/C9H13Br/c10-9-6-2-1-4-8(9)5-3-7-9/h4H,1-3,5-7H2. The van der Waals surface area contributed by atoms with Crippen LogP contribution in [-0.2, 0) is 0 Å². The average Bonchev–Trinajstić information content (AvgIpc) is 2.29. The second-order valence-corrected chi connectivity index (χ2v) is 4.96. The number of halogens is 1. The fourth-order valence-corrected chi connectivity index (χ4v) is 3.09. The Morgan fingerprint density at radius 2 is 2.10 bits per heavy atom. The first-order valence-corrected chi connectivity index (χ1v) is 4.99. The largest absolute Gasteiger partial charge is 0.0839 e. The smallest absolute Gasteiger partial charge is 0.0466 e. The van der Waals surface area contributed by atoms with Crippen LogP contribution >= 0.6 is 15.9 Å². The molecule has 0 spiro atoms. The van der Waals surface area contributed by atoms with Crippen LogP contribution in [0.3, 0.4) is 0 Å². The molecule has 0 N–H and O–H groups in total. The highest BCUT2D eigenvalue weighted by Gasteiger charge is 2.36. The molecule has 0 heterocycles. The number of allylic oxidation sites excluding steroid dienone is 2. The van der Waals surface area contributed by atoms with E-state index in [9.17, 15) is 0 Å². The summed E-state index contributed by atoms with van der Waals surface area (Å²) in [7, 11) is 0. The monoisotopic (exact) mass is 200 g/mol. The fourth-order valence-electron chi connectivity index (χ4n) is 2.17. The molecule has 0 aliphatic heterocycles. The normalized spacial score (nSPS) is 39.1. The lowest BCUT2D eigenvalue weighted by molar-refractivity contribution is 0.580. The molecule has 0 nitrogen and oxygen atoms in total. The summed E-state index contributed by atoms with van der Waals surface area (Å²) >= 11 is 3.85. The number of rotatable bonds is 0. The molecule has 1 fully saturated rings. The van der Waals surface area contributed by atoms with E-state index in [1.54, 1.807) is 5.57 Å². The Morgan fingerprint density at radius 3 is 2.90 bits per heavy atom. The summed E-state index contributed by atoms with van der Waals surface area (Å²) in [4.78, 5) is 0. The summed E-state index contributed by atoms with van der Waals surface area (Å²) in [6, 6.07) is 0. The molecule has 1 saturated carbocycles. The van der Waals surface area contributed by atoms with E-state index in [0.717, 1.165) is 0 Å². The Bertz CT molecular complexity index is 172. The van der Waals surface area contributed by atoms with E-state index < -0.39 is 0 Å². The van der Waals surface area contributed by atoms with Crippen molar-refractivity contribution in [3.8, 4) is 0 Å². The van der Waals surface area contributed by atoms with Gasteiger partial charge >= 0.3 is 0 Å². The average molecular weight is 201 g/mol. The maximum Gasteiger partial charge on any atom is 0.0466 e. The topological polar surface area (TPSA) is 0 Å². The van der Waals surface area contributed by atoms with Crippen LogP contribution < -0.4 is 0 Å². The lowest BCUT2D eigenvalue weighted by Crippen LogP contribution is -2.20. The number of hydrogen-bond donors (Lipinski definition) is 0. The third-order valence-corrected chi connectivity index (χ3v) is 4.06. The van der Waals surface area contributed by atoms with Crippen LogP contribution in [0.15, 0.2) is 11.6 Å². The summed E-state index contributed by atoms with van der Waals surface area (Å²) in [6.45, 7) is 0. The van der Waals surface area contributed by atoms with Crippen molar-refractivity contribution < 1.29 is 0 Å². The first-order chi connectivity index (χ1) is 4.81. The Hall–Kier alpha value is 0.220. The van der Waals surface area contributed by atoms with Gasteiger partial charge in [0.2, 0.25) is 0 Å². The van der Waals surface area contributed by atoms with Gasteiger partial charge in [0.25, 0.3) is 0 Å². The molecule has 0 aromatic rings. The van der Waals surface area contributed by atoms with Gasteiger partial charge in [0.1, 0.15) is 0 Å². The SMILES string of the molecule is BrC12CCCC=C1CCC2.